The van der Waals surface area contributed by atoms with Crippen molar-refractivity contribution in [1.29, 1.82) is 0 Å². The van der Waals surface area contributed by atoms with Gasteiger partial charge in [0.15, 0.2) is 0 Å². The minimum atomic E-state index is -0.369. The Balaban J connectivity index is 2.19. The van der Waals surface area contributed by atoms with Gasteiger partial charge in [-0.1, -0.05) is 18.2 Å². The maximum Gasteiger partial charge on any atom is 0.252 e. The third-order valence-electron chi connectivity index (χ3n) is 3.21. The predicted molar refractivity (Wildman–Crippen MR) is 66.1 cm³/mol. The summed E-state index contributed by atoms with van der Waals surface area (Å²) in [6.45, 7) is 2.24. The molecule has 3 heteroatoms. The Hall–Kier alpha value is -0.860. The van der Waals surface area contributed by atoms with Crippen molar-refractivity contribution in [1.82, 2.24) is 4.90 Å². The smallest absolute Gasteiger partial charge is 0.252 e. The SMILES string of the molecule is CN1CCCC(c2cccc(C(=O)Cl)c2)C1. The molecule has 0 aliphatic carbocycles. The summed E-state index contributed by atoms with van der Waals surface area (Å²) in [7, 11) is 2.14. The van der Waals surface area contributed by atoms with Gasteiger partial charge in [0, 0.05) is 12.1 Å². The fourth-order valence-corrected chi connectivity index (χ4v) is 2.47. The minimum Gasteiger partial charge on any atom is -0.306 e. The average Bonchev–Trinajstić information content (AvgIpc) is 2.29. The Labute approximate surface area is 101 Å². The summed E-state index contributed by atoms with van der Waals surface area (Å²) in [6, 6.07) is 7.71. The van der Waals surface area contributed by atoms with Crippen LogP contribution in [0.5, 0.6) is 0 Å². The molecular formula is C13H16ClNO. The third kappa shape index (κ3) is 2.63. The first-order chi connectivity index (χ1) is 7.66. The fourth-order valence-electron chi connectivity index (χ4n) is 2.35. The average molecular weight is 238 g/mol. The van der Waals surface area contributed by atoms with Gasteiger partial charge in [-0.25, -0.2) is 0 Å². The first kappa shape index (κ1) is 11.6. The highest BCUT2D eigenvalue weighted by Gasteiger charge is 2.19. The van der Waals surface area contributed by atoms with E-state index in [1.165, 1.54) is 24.9 Å². The molecule has 0 bridgehead atoms. The molecule has 1 aromatic carbocycles. The zero-order valence-electron chi connectivity index (χ0n) is 9.45. The number of benzene rings is 1. The van der Waals surface area contributed by atoms with Crippen LogP contribution in [0.15, 0.2) is 24.3 Å². The Morgan fingerprint density at radius 1 is 1.50 bits per heavy atom. The van der Waals surface area contributed by atoms with E-state index in [4.69, 9.17) is 11.6 Å². The molecule has 0 N–H and O–H groups in total. The quantitative estimate of drug-likeness (QED) is 0.738. The minimum absolute atomic E-state index is 0.369. The lowest BCUT2D eigenvalue weighted by Crippen LogP contribution is -2.30. The van der Waals surface area contributed by atoms with Gasteiger partial charge in [0.05, 0.1) is 0 Å². The zero-order valence-corrected chi connectivity index (χ0v) is 10.2. The fraction of sp³-hybridized carbons (Fsp3) is 0.462. The summed E-state index contributed by atoms with van der Waals surface area (Å²) >= 11 is 5.49. The summed E-state index contributed by atoms with van der Waals surface area (Å²) in [5.74, 6) is 0.537. The standard InChI is InChI=1S/C13H16ClNO/c1-15-7-3-6-12(9-15)10-4-2-5-11(8-10)13(14)16/h2,4-5,8,12H,3,6-7,9H2,1H3. The van der Waals surface area contributed by atoms with Crippen molar-refractivity contribution in [2.24, 2.45) is 0 Å². The molecule has 0 amide bonds. The van der Waals surface area contributed by atoms with Crippen LogP contribution in [0.4, 0.5) is 0 Å². The van der Waals surface area contributed by atoms with E-state index in [9.17, 15) is 4.79 Å². The van der Waals surface area contributed by atoms with E-state index in [0.717, 1.165) is 6.54 Å². The largest absolute Gasteiger partial charge is 0.306 e. The van der Waals surface area contributed by atoms with Crippen molar-refractivity contribution in [3.63, 3.8) is 0 Å². The number of carbonyl (C=O) groups excluding carboxylic acids is 1. The zero-order chi connectivity index (χ0) is 11.5. The van der Waals surface area contributed by atoms with E-state index in [1.54, 1.807) is 6.07 Å². The van der Waals surface area contributed by atoms with Gasteiger partial charge in [0.2, 0.25) is 0 Å². The Bertz CT molecular complexity index is 391. The molecule has 0 spiro atoms. The van der Waals surface area contributed by atoms with Gasteiger partial charge in [0.25, 0.3) is 5.24 Å². The van der Waals surface area contributed by atoms with Crippen molar-refractivity contribution in [3.05, 3.63) is 35.4 Å². The summed E-state index contributed by atoms with van der Waals surface area (Å²) in [6.07, 6.45) is 2.42. The molecule has 1 saturated heterocycles. The summed E-state index contributed by atoms with van der Waals surface area (Å²) < 4.78 is 0. The van der Waals surface area contributed by atoms with Crippen molar-refractivity contribution < 1.29 is 4.79 Å². The molecule has 1 aromatic rings. The Kier molecular flexibility index (Phi) is 3.62. The maximum absolute atomic E-state index is 11.1. The lowest BCUT2D eigenvalue weighted by atomic mass is 9.90. The van der Waals surface area contributed by atoms with E-state index in [0.29, 0.717) is 11.5 Å². The Morgan fingerprint density at radius 3 is 3.00 bits per heavy atom. The third-order valence-corrected chi connectivity index (χ3v) is 3.43. The molecule has 0 saturated carbocycles. The number of hydrogen-bond acceptors (Lipinski definition) is 2. The monoisotopic (exact) mass is 237 g/mol. The lowest BCUT2D eigenvalue weighted by Gasteiger charge is -2.30. The van der Waals surface area contributed by atoms with Crippen LogP contribution >= 0.6 is 11.6 Å². The molecule has 0 radical (unpaired) electrons. The predicted octanol–water partition coefficient (Wildman–Crippen LogP) is 2.87. The van der Waals surface area contributed by atoms with Crippen LogP contribution in [-0.2, 0) is 0 Å². The molecule has 1 aliphatic heterocycles. The van der Waals surface area contributed by atoms with Gasteiger partial charge < -0.3 is 4.90 Å². The van der Waals surface area contributed by atoms with Gasteiger partial charge in [-0.2, -0.15) is 0 Å². The van der Waals surface area contributed by atoms with Crippen molar-refractivity contribution >= 4 is 16.8 Å². The first-order valence-electron chi connectivity index (χ1n) is 5.65. The molecule has 86 valence electrons. The van der Waals surface area contributed by atoms with E-state index in [2.05, 4.69) is 18.0 Å². The highest BCUT2D eigenvalue weighted by molar-refractivity contribution is 6.67. The number of carbonyl (C=O) groups is 1. The summed E-state index contributed by atoms with van der Waals surface area (Å²) in [4.78, 5) is 13.4. The van der Waals surface area contributed by atoms with Crippen LogP contribution in [0, 0.1) is 0 Å². The maximum atomic E-state index is 11.1. The van der Waals surface area contributed by atoms with Gasteiger partial charge in [0.1, 0.15) is 0 Å². The number of piperidine rings is 1. The van der Waals surface area contributed by atoms with E-state index >= 15 is 0 Å². The van der Waals surface area contributed by atoms with Crippen molar-refractivity contribution in [2.45, 2.75) is 18.8 Å². The molecule has 0 aromatic heterocycles. The van der Waals surface area contributed by atoms with E-state index in [1.807, 2.05) is 12.1 Å². The molecular weight excluding hydrogens is 222 g/mol. The molecule has 1 atom stereocenters. The van der Waals surface area contributed by atoms with Crippen molar-refractivity contribution in [2.75, 3.05) is 20.1 Å². The number of hydrogen-bond donors (Lipinski definition) is 0. The van der Waals surface area contributed by atoms with Crippen LogP contribution < -0.4 is 0 Å². The van der Waals surface area contributed by atoms with E-state index in [-0.39, 0.29) is 5.24 Å². The second-order valence-corrected chi connectivity index (χ2v) is 4.84. The number of rotatable bonds is 2. The molecule has 1 unspecified atom stereocenters. The second-order valence-electron chi connectivity index (χ2n) is 4.50. The van der Waals surface area contributed by atoms with Gasteiger partial charge in [-0.3, -0.25) is 4.79 Å². The molecule has 2 nitrogen and oxygen atoms in total. The van der Waals surface area contributed by atoms with Crippen LogP contribution in [0.25, 0.3) is 0 Å². The Morgan fingerprint density at radius 2 is 2.31 bits per heavy atom. The normalized spacial score (nSPS) is 22.0. The number of nitrogens with zero attached hydrogens (tertiary/aromatic N) is 1. The van der Waals surface area contributed by atoms with Crippen molar-refractivity contribution in [3.8, 4) is 0 Å². The first-order valence-corrected chi connectivity index (χ1v) is 6.03. The highest BCUT2D eigenvalue weighted by Crippen LogP contribution is 2.26. The summed E-state index contributed by atoms with van der Waals surface area (Å²) in [5, 5.41) is -0.369. The molecule has 16 heavy (non-hydrogen) atoms. The molecule has 1 fully saturated rings. The number of likely N-dealkylation sites (N-methyl/N-ethyl adjacent to an activating group) is 1. The number of likely N-dealkylation sites (tertiary alicyclic amines) is 1. The topological polar surface area (TPSA) is 20.3 Å². The number of halogens is 1. The van der Waals surface area contributed by atoms with Gasteiger partial charge >= 0.3 is 0 Å². The molecule has 2 rings (SSSR count). The lowest BCUT2D eigenvalue weighted by molar-refractivity contribution is 0.108. The van der Waals surface area contributed by atoms with Gasteiger partial charge in [-0.05, 0) is 55.6 Å². The van der Waals surface area contributed by atoms with Gasteiger partial charge in [-0.15, -0.1) is 0 Å². The van der Waals surface area contributed by atoms with E-state index < -0.39 is 0 Å². The molecule has 1 heterocycles. The highest BCUT2D eigenvalue weighted by atomic mass is 35.5. The van der Waals surface area contributed by atoms with Crippen LogP contribution in [-0.4, -0.2) is 30.3 Å². The van der Waals surface area contributed by atoms with Crippen LogP contribution in [0.3, 0.4) is 0 Å². The van der Waals surface area contributed by atoms with Crippen LogP contribution in [0.1, 0.15) is 34.7 Å². The van der Waals surface area contributed by atoms with Crippen LogP contribution in [0.2, 0.25) is 0 Å². The summed E-state index contributed by atoms with van der Waals surface area (Å²) in [5.41, 5.74) is 1.84. The molecule has 1 aliphatic rings. The second kappa shape index (κ2) is 4.98.